The van der Waals surface area contributed by atoms with Crippen LogP contribution in [0.5, 0.6) is 0 Å². The molecule has 2 N–H and O–H groups in total. The molecule has 0 heterocycles. The Bertz CT molecular complexity index is 426. The highest BCUT2D eigenvalue weighted by Gasteiger charge is 2.17. The summed E-state index contributed by atoms with van der Waals surface area (Å²) >= 11 is 0. The molecular formula is C12H14F2N2O3. The number of amides is 2. The number of hydrogen-bond acceptors (Lipinski definition) is 2. The molecule has 104 valence electrons. The van der Waals surface area contributed by atoms with Crippen molar-refractivity contribution >= 4 is 17.7 Å². The van der Waals surface area contributed by atoms with Crippen LogP contribution >= 0.6 is 0 Å². The van der Waals surface area contributed by atoms with E-state index in [2.05, 4.69) is 0 Å². The number of carbonyl (C=O) groups excluding carboxylic acids is 1. The third kappa shape index (κ3) is 5.33. The number of alkyl halides is 2. The minimum absolute atomic E-state index is 0.0889. The molecule has 0 radical (unpaired) electrons. The maximum absolute atomic E-state index is 12.0. The number of carbonyl (C=O) groups is 2. The van der Waals surface area contributed by atoms with Gasteiger partial charge in [-0.15, -0.1) is 0 Å². The number of carboxylic acids is 1. The monoisotopic (exact) mass is 272 g/mol. The molecule has 0 spiro atoms. The molecule has 0 aliphatic rings. The Morgan fingerprint density at radius 3 is 2.42 bits per heavy atom. The van der Waals surface area contributed by atoms with Crippen LogP contribution in [0.1, 0.15) is 6.42 Å². The smallest absolute Gasteiger partial charge is 0.322 e. The van der Waals surface area contributed by atoms with Crippen LogP contribution in [0.15, 0.2) is 30.3 Å². The number of para-hydroxylation sites is 1. The van der Waals surface area contributed by atoms with Crippen LogP contribution in [0.25, 0.3) is 0 Å². The Hall–Kier alpha value is -2.18. The molecule has 0 aliphatic carbocycles. The molecule has 7 heteroatoms. The molecular weight excluding hydrogens is 258 g/mol. The zero-order chi connectivity index (χ0) is 14.3. The van der Waals surface area contributed by atoms with E-state index in [1.54, 1.807) is 30.3 Å². The van der Waals surface area contributed by atoms with Crippen LogP contribution in [-0.2, 0) is 4.79 Å². The summed E-state index contributed by atoms with van der Waals surface area (Å²) in [5.41, 5.74) is 0.454. The van der Waals surface area contributed by atoms with Gasteiger partial charge in [0.15, 0.2) is 0 Å². The Kier molecular flexibility index (Phi) is 5.72. The van der Waals surface area contributed by atoms with Crippen molar-refractivity contribution < 1.29 is 23.5 Å². The number of rotatable bonds is 6. The summed E-state index contributed by atoms with van der Waals surface area (Å²) in [5.74, 6) is -1.07. The largest absolute Gasteiger partial charge is 0.481 e. The first-order chi connectivity index (χ1) is 9.00. The van der Waals surface area contributed by atoms with Gasteiger partial charge in [-0.3, -0.25) is 9.69 Å². The average Bonchev–Trinajstić information content (AvgIpc) is 2.37. The molecule has 1 rings (SSSR count). The van der Waals surface area contributed by atoms with Crippen molar-refractivity contribution in [1.29, 1.82) is 0 Å². The fourth-order valence-corrected chi connectivity index (χ4v) is 1.42. The summed E-state index contributed by atoms with van der Waals surface area (Å²) in [6.45, 7) is -0.857. The fourth-order valence-electron chi connectivity index (χ4n) is 1.42. The molecule has 2 amide bonds. The van der Waals surface area contributed by atoms with Crippen LogP contribution in [-0.4, -0.2) is 36.6 Å². The first-order valence-corrected chi connectivity index (χ1v) is 5.61. The van der Waals surface area contributed by atoms with E-state index in [0.717, 1.165) is 4.90 Å². The number of nitrogens with zero attached hydrogens (tertiary/aromatic N) is 1. The lowest BCUT2D eigenvalue weighted by molar-refractivity contribution is -0.136. The van der Waals surface area contributed by atoms with Crippen molar-refractivity contribution in [1.82, 2.24) is 5.32 Å². The van der Waals surface area contributed by atoms with Gasteiger partial charge in [-0.25, -0.2) is 13.6 Å². The van der Waals surface area contributed by atoms with Crippen molar-refractivity contribution in [2.45, 2.75) is 12.8 Å². The van der Waals surface area contributed by atoms with E-state index in [9.17, 15) is 18.4 Å². The maximum Gasteiger partial charge on any atom is 0.322 e. The van der Waals surface area contributed by atoms with Crippen molar-refractivity contribution in [3.63, 3.8) is 0 Å². The second kappa shape index (κ2) is 7.30. The zero-order valence-electron chi connectivity index (χ0n) is 10.1. The number of aliphatic carboxylic acids is 1. The Balaban J connectivity index is 2.74. The van der Waals surface area contributed by atoms with Gasteiger partial charge in [0.1, 0.15) is 0 Å². The standard InChI is InChI=1S/C12H14F2N2O3/c13-10(14)8-15-12(19)16(7-6-11(17)18)9-4-2-1-3-5-9/h1-5,10H,6-8H2,(H,15,19)(H,17,18). The highest BCUT2D eigenvalue weighted by Crippen LogP contribution is 2.13. The summed E-state index contributed by atoms with van der Waals surface area (Å²) in [7, 11) is 0. The third-order valence-corrected chi connectivity index (χ3v) is 2.27. The first-order valence-electron chi connectivity index (χ1n) is 5.61. The molecule has 0 aromatic heterocycles. The van der Waals surface area contributed by atoms with Gasteiger partial charge in [-0.05, 0) is 12.1 Å². The van der Waals surface area contributed by atoms with Gasteiger partial charge < -0.3 is 10.4 Å². The predicted molar refractivity (Wildman–Crippen MR) is 65.4 cm³/mol. The van der Waals surface area contributed by atoms with Gasteiger partial charge in [0.2, 0.25) is 0 Å². The summed E-state index contributed by atoms with van der Waals surface area (Å²) < 4.78 is 24.1. The van der Waals surface area contributed by atoms with Gasteiger partial charge in [0.05, 0.1) is 13.0 Å². The first kappa shape index (κ1) is 14.9. The SMILES string of the molecule is O=C(O)CCN(C(=O)NCC(F)F)c1ccccc1. The molecule has 0 fully saturated rings. The molecule has 0 unspecified atom stereocenters. The third-order valence-electron chi connectivity index (χ3n) is 2.27. The molecule has 0 saturated heterocycles. The highest BCUT2D eigenvalue weighted by atomic mass is 19.3. The molecule has 0 bridgehead atoms. The van der Waals surface area contributed by atoms with Crippen LogP contribution in [0.3, 0.4) is 0 Å². The fraction of sp³-hybridized carbons (Fsp3) is 0.333. The number of anilines is 1. The Morgan fingerprint density at radius 1 is 1.26 bits per heavy atom. The Morgan fingerprint density at radius 2 is 1.89 bits per heavy atom. The van der Waals surface area contributed by atoms with Crippen molar-refractivity contribution in [3.8, 4) is 0 Å². The lowest BCUT2D eigenvalue weighted by Crippen LogP contribution is -2.43. The molecule has 0 atom stereocenters. The minimum Gasteiger partial charge on any atom is -0.481 e. The molecule has 0 saturated carbocycles. The normalized spacial score (nSPS) is 10.3. The van der Waals surface area contributed by atoms with Crippen LogP contribution in [0.4, 0.5) is 19.3 Å². The zero-order valence-corrected chi connectivity index (χ0v) is 10.1. The molecule has 0 aliphatic heterocycles. The van der Waals surface area contributed by atoms with E-state index in [-0.39, 0.29) is 13.0 Å². The highest BCUT2D eigenvalue weighted by molar-refractivity contribution is 5.92. The summed E-state index contributed by atoms with van der Waals surface area (Å²) in [5, 5.41) is 10.7. The molecule has 1 aromatic carbocycles. The van der Waals surface area contributed by atoms with E-state index in [1.165, 1.54) is 0 Å². The second-order valence-corrected chi connectivity index (χ2v) is 3.71. The van der Waals surface area contributed by atoms with Gasteiger partial charge in [0.25, 0.3) is 6.43 Å². The average molecular weight is 272 g/mol. The van der Waals surface area contributed by atoms with Crippen molar-refractivity contribution in [2.75, 3.05) is 18.0 Å². The number of benzene rings is 1. The van der Waals surface area contributed by atoms with E-state index in [1.807, 2.05) is 5.32 Å². The van der Waals surface area contributed by atoms with Crippen molar-refractivity contribution in [2.24, 2.45) is 0 Å². The Labute approximate surface area is 108 Å². The maximum atomic E-state index is 12.0. The van der Waals surface area contributed by atoms with Crippen LogP contribution in [0.2, 0.25) is 0 Å². The number of halogens is 2. The minimum atomic E-state index is -2.65. The van der Waals surface area contributed by atoms with Gasteiger partial charge in [-0.1, -0.05) is 18.2 Å². The lowest BCUT2D eigenvalue weighted by atomic mass is 10.3. The molecule has 5 nitrogen and oxygen atoms in total. The van der Waals surface area contributed by atoms with Gasteiger partial charge in [-0.2, -0.15) is 0 Å². The van der Waals surface area contributed by atoms with E-state index < -0.39 is 25.0 Å². The van der Waals surface area contributed by atoms with E-state index >= 15 is 0 Å². The van der Waals surface area contributed by atoms with Crippen LogP contribution < -0.4 is 10.2 Å². The quantitative estimate of drug-likeness (QED) is 0.831. The second-order valence-electron chi connectivity index (χ2n) is 3.71. The van der Waals surface area contributed by atoms with Gasteiger partial charge in [0, 0.05) is 12.2 Å². The number of nitrogens with one attached hydrogen (secondary N) is 1. The summed E-state index contributed by atoms with van der Waals surface area (Å²) in [6.07, 6.45) is -2.92. The topological polar surface area (TPSA) is 69.6 Å². The van der Waals surface area contributed by atoms with E-state index in [0.29, 0.717) is 5.69 Å². The van der Waals surface area contributed by atoms with Crippen molar-refractivity contribution in [3.05, 3.63) is 30.3 Å². The van der Waals surface area contributed by atoms with Crippen LogP contribution in [0, 0.1) is 0 Å². The predicted octanol–water partition coefficient (Wildman–Crippen LogP) is 1.94. The number of urea groups is 1. The number of carboxylic acid groups (broad SMARTS) is 1. The van der Waals surface area contributed by atoms with Gasteiger partial charge >= 0.3 is 12.0 Å². The molecule has 19 heavy (non-hydrogen) atoms. The number of hydrogen-bond donors (Lipinski definition) is 2. The molecule has 1 aromatic rings. The lowest BCUT2D eigenvalue weighted by Gasteiger charge is -2.22. The summed E-state index contributed by atoms with van der Waals surface area (Å²) in [4.78, 5) is 23.4. The van der Waals surface area contributed by atoms with E-state index in [4.69, 9.17) is 5.11 Å². The summed E-state index contributed by atoms with van der Waals surface area (Å²) in [6, 6.07) is 7.53.